The fraction of sp³-hybridized carbons (Fsp3) is 0.786. The molecule has 0 aromatic heterocycles. The van der Waals surface area contributed by atoms with E-state index >= 15 is 0 Å². The van der Waals surface area contributed by atoms with E-state index < -0.39 is 12.1 Å². The summed E-state index contributed by atoms with van der Waals surface area (Å²) in [6.07, 6.45) is 0.132. The minimum atomic E-state index is -0.584. The molecule has 1 aliphatic rings. The molecule has 6 nitrogen and oxygen atoms in total. The molecule has 1 N–H and O–H groups in total. The van der Waals surface area contributed by atoms with Crippen LogP contribution in [0.4, 0.5) is 0 Å². The predicted molar refractivity (Wildman–Crippen MR) is 75.9 cm³/mol. The number of nitrogens with zero attached hydrogens (tertiary/aromatic N) is 2. The molecule has 0 aromatic carbocycles. The second kappa shape index (κ2) is 6.83. The lowest BCUT2D eigenvalue weighted by Crippen LogP contribution is -2.51. The molecule has 0 radical (unpaired) electrons. The minimum Gasteiger partial charge on any atom is -0.342 e. The van der Waals surface area contributed by atoms with Crippen molar-refractivity contribution >= 4 is 17.7 Å². The van der Waals surface area contributed by atoms with Gasteiger partial charge in [0.25, 0.3) is 0 Å². The fourth-order valence-electron chi connectivity index (χ4n) is 2.51. The summed E-state index contributed by atoms with van der Waals surface area (Å²) in [4.78, 5) is 39.1. The maximum absolute atomic E-state index is 12.2. The Kier molecular flexibility index (Phi) is 5.68. The molecule has 6 heteroatoms. The molecule has 1 heterocycles. The molecule has 1 fully saturated rings. The van der Waals surface area contributed by atoms with Crippen molar-refractivity contribution in [3.05, 3.63) is 0 Å². The third-order valence-corrected chi connectivity index (χ3v) is 3.60. The fourth-order valence-corrected chi connectivity index (χ4v) is 2.51. The van der Waals surface area contributed by atoms with Crippen LogP contribution >= 0.6 is 0 Å². The summed E-state index contributed by atoms with van der Waals surface area (Å²) in [5, 5.41) is 2.99. The third kappa shape index (κ3) is 3.36. The number of hydrogen-bond donors (Lipinski definition) is 1. The van der Waals surface area contributed by atoms with Gasteiger partial charge in [-0.3, -0.25) is 24.6 Å². The van der Waals surface area contributed by atoms with E-state index in [9.17, 15) is 14.4 Å². The highest BCUT2D eigenvalue weighted by Crippen LogP contribution is 2.16. The van der Waals surface area contributed by atoms with Crippen molar-refractivity contribution in [1.82, 2.24) is 15.1 Å². The van der Waals surface area contributed by atoms with Gasteiger partial charge < -0.3 is 4.90 Å². The summed E-state index contributed by atoms with van der Waals surface area (Å²) in [6, 6.07) is -1.20. The van der Waals surface area contributed by atoms with Crippen molar-refractivity contribution in [2.24, 2.45) is 0 Å². The van der Waals surface area contributed by atoms with Crippen LogP contribution in [0.25, 0.3) is 0 Å². The van der Waals surface area contributed by atoms with Crippen LogP contribution in [0.15, 0.2) is 0 Å². The van der Waals surface area contributed by atoms with Crippen LogP contribution in [-0.4, -0.2) is 58.7 Å². The molecule has 114 valence electrons. The molecule has 2 unspecified atom stereocenters. The Labute approximate surface area is 120 Å². The van der Waals surface area contributed by atoms with E-state index in [0.29, 0.717) is 13.1 Å². The zero-order chi connectivity index (χ0) is 15.4. The van der Waals surface area contributed by atoms with Gasteiger partial charge in [0, 0.05) is 19.1 Å². The van der Waals surface area contributed by atoms with E-state index in [2.05, 4.69) is 5.32 Å². The number of carbonyl (C=O) groups is 3. The van der Waals surface area contributed by atoms with E-state index in [1.807, 2.05) is 27.7 Å². The molecule has 0 spiro atoms. The zero-order valence-electron chi connectivity index (χ0n) is 13.0. The second-order valence-electron chi connectivity index (χ2n) is 5.35. The first kappa shape index (κ1) is 16.6. The number of imide groups is 1. The first-order valence-corrected chi connectivity index (χ1v) is 7.24. The van der Waals surface area contributed by atoms with Gasteiger partial charge >= 0.3 is 0 Å². The van der Waals surface area contributed by atoms with Crippen molar-refractivity contribution in [2.75, 3.05) is 13.1 Å². The summed E-state index contributed by atoms with van der Waals surface area (Å²) in [6.45, 7) is 10.5. The summed E-state index contributed by atoms with van der Waals surface area (Å²) in [5.74, 6) is -0.451. The molecule has 0 aromatic rings. The molecule has 3 amide bonds. The van der Waals surface area contributed by atoms with E-state index in [1.54, 1.807) is 11.8 Å². The normalized spacial score (nSPS) is 20.7. The topological polar surface area (TPSA) is 69.7 Å². The molecule has 1 saturated heterocycles. The lowest BCUT2D eigenvalue weighted by molar-refractivity contribution is -0.140. The number of amides is 3. The van der Waals surface area contributed by atoms with Gasteiger partial charge in [0.1, 0.15) is 0 Å². The van der Waals surface area contributed by atoms with Crippen LogP contribution < -0.4 is 5.32 Å². The Bertz CT molecular complexity index is 391. The van der Waals surface area contributed by atoms with Crippen LogP contribution in [0.1, 0.15) is 41.0 Å². The molecule has 1 aliphatic heterocycles. The number of hydrogen-bond acceptors (Lipinski definition) is 4. The highest BCUT2D eigenvalue weighted by molar-refractivity contribution is 6.06. The van der Waals surface area contributed by atoms with Crippen molar-refractivity contribution in [2.45, 2.75) is 59.2 Å². The van der Waals surface area contributed by atoms with Crippen molar-refractivity contribution in [3.63, 3.8) is 0 Å². The molecular formula is C14H25N3O3. The summed E-state index contributed by atoms with van der Waals surface area (Å²) < 4.78 is 0. The smallest absolute Gasteiger partial charge is 0.247 e. The zero-order valence-corrected chi connectivity index (χ0v) is 13.0. The Morgan fingerprint density at radius 1 is 1.30 bits per heavy atom. The first-order valence-electron chi connectivity index (χ1n) is 7.24. The van der Waals surface area contributed by atoms with Gasteiger partial charge in [-0.25, -0.2) is 0 Å². The third-order valence-electron chi connectivity index (χ3n) is 3.60. The minimum absolute atomic E-state index is 0.0433. The molecule has 1 rings (SSSR count). The van der Waals surface area contributed by atoms with Crippen LogP contribution in [-0.2, 0) is 14.4 Å². The van der Waals surface area contributed by atoms with Crippen LogP contribution in [0.5, 0.6) is 0 Å². The highest BCUT2D eigenvalue weighted by atomic mass is 16.2. The standard InChI is InChI=1S/C14H25N3O3/c1-6-16(7-2)13(19)10(5)15-11-8-12(18)17(9(3)4)14(11)20/h9-11,15H,6-8H2,1-5H3. The number of rotatable bonds is 6. The van der Waals surface area contributed by atoms with Crippen molar-refractivity contribution < 1.29 is 14.4 Å². The van der Waals surface area contributed by atoms with Crippen LogP contribution in [0.3, 0.4) is 0 Å². The quantitative estimate of drug-likeness (QED) is 0.715. The molecule has 20 heavy (non-hydrogen) atoms. The van der Waals surface area contributed by atoms with Crippen LogP contribution in [0, 0.1) is 0 Å². The van der Waals surface area contributed by atoms with E-state index in [0.717, 1.165) is 0 Å². The Morgan fingerprint density at radius 3 is 2.25 bits per heavy atom. The van der Waals surface area contributed by atoms with Gasteiger partial charge in [-0.15, -0.1) is 0 Å². The number of carbonyl (C=O) groups excluding carboxylic acids is 3. The maximum atomic E-state index is 12.2. The molecular weight excluding hydrogens is 258 g/mol. The predicted octanol–water partition coefficient (Wildman–Crippen LogP) is 0.369. The van der Waals surface area contributed by atoms with Crippen molar-refractivity contribution in [1.29, 1.82) is 0 Å². The number of nitrogens with one attached hydrogen (secondary N) is 1. The van der Waals surface area contributed by atoms with E-state index in [4.69, 9.17) is 0 Å². The second-order valence-corrected chi connectivity index (χ2v) is 5.35. The van der Waals surface area contributed by atoms with Gasteiger partial charge in [0.2, 0.25) is 17.7 Å². The Balaban J connectivity index is 2.68. The molecule has 0 bridgehead atoms. The molecule has 0 aliphatic carbocycles. The monoisotopic (exact) mass is 283 g/mol. The average molecular weight is 283 g/mol. The Morgan fingerprint density at radius 2 is 1.85 bits per heavy atom. The largest absolute Gasteiger partial charge is 0.342 e. The SMILES string of the molecule is CCN(CC)C(=O)C(C)NC1CC(=O)N(C(C)C)C1=O. The number of likely N-dealkylation sites (N-methyl/N-ethyl adjacent to an activating group) is 1. The highest BCUT2D eigenvalue weighted by Gasteiger charge is 2.41. The lowest BCUT2D eigenvalue weighted by atomic mass is 10.2. The maximum Gasteiger partial charge on any atom is 0.247 e. The van der Waals surface area contributed by atoms with Crippen molar-refractivity contribution in [3.8, 4) is 0 Å². The Hall–Kier alpha value is -1.43. The van der Waals surface area contributed by atoms with Gasteiger partial charge in [0.05, 0.1) is 18.5 Å². The summed E-state index contributed by atoms with van der Waals surface area (Å²) in [7, 11) is 0. The van der Waals surface area contributed by atoms with Crippen LogP contribution in [0.2, 0.25) is 0 Å². The van der Waals surface area contributed by atoms with Gasteiger partial charge in [-0.05, 0) is 34.6 Å². The summed E-state index contributed by atoms with van der Waals surface area (Å²) in [5.41, 5.74) is 0. The molecule has 0 saturated carbocycles. The van der Waals surface area contributed by atoms with Gasteiger partial charge in [0.15, 0.2) is 0 Å². The lowest BCUT2D eigenvalue weighted by Gasteiger charge is -2.25. The van der Waals surface area contributed by atoms with Gasteiger partial charge in [-0.1, -0.05) is 0 Å². The number of likely N-dealkylation sites (tertiary alicyclic amines) is 1. The first-order chi connectivity index (χ1) is 9.33. The average Bonchev–Trinajstić information content (AvgIpc) is 2.65. The van der Waals surface area contributed by atoms with Gasteiger partial charge in [-0.2, -0.15) is 0 Å². The van der Waals surface area contributed by atoms with E-state index in [-0.39, 0.29) is 30.2 Å². The molecule has 2 atom stereocenters. The van der Waals surface area contributed by atoms with E-state index in [1.165, 1.54) is 4.90 Å². The summed E-state index contributed by atoms with van der Waals surface area (Å²) >= 11 is 0.